The van der Waals surface area contributed by atoms with E-state index in [1.807, 2.05) is 0 Å². The fraction of sp³-hybridized carbons (Fsp3) is 0.371. The molecule has 0 fully saturated rings. The van der Waals surface area contributed by atoms with Crippen LogP contribution in [-0.2, 0) is 40.4 Å². The second-order valence-electron chi connectivity index (χ2n) is 12.1. The highest BCUT2D eigenvalue weighted by molar-refractivity contribution is 7.48. The lowest BCUT2D eigenvalue weighted by atomic mass is 10.1. The van der Waals surface area contributed by atoms with Crippen molar-refractivity contribution in [2.75, 3.05) is 37.0 Å². The van der Waals surface area contributed by atoms with Gasteiger partial charge in [-0.15, -0.1) is 0 Å². The topological polar surface area (TPSA) is 273 Å². The number of aromatic amines is 1. The third kappa shape index (κ3) is 13.0. The van der Waals surface area contributed by atoms with Crippen molar-refractivity contribution in [3.05, 3.63) is 81.4 Å². The largest absolute Gasteiger partial charge is 0.481 e. The van der Waals surface area contributed by atoms with Gasteiger partial charge >= 0.3 is 25.9 Å². The molecule has 0 radical (unpaired) electrons. The highest BCUT2D eigenvalue weighted by atomic mass is 31.2. The average molecular weight is 837 g/mol. The van der Waals surface area contributed by atoms with E-state index in [1.54, 1.807) is 13.8 Å². The molecule has 0 spiro atoms. The number of H-pyrrole nitrogens is 1. The van der Waals surface area contributed by atoms with Crippen molar-refractivity contribution in [2.45, 2.75) is 58.3 Å². The Bertz CT molecular complexity index is 2200. The molecule has 0 bridgehead atoms. The lowest BCUT2D eigenvalue weighted by Crippen LogP contribution is -2.41. The van der Waals surface area contributed by atoms with Gasteiger partial charge in [0.2, 0.25) is 5.95 Å². The van der Waals surface area contributed by atoms with E-state index in [1.165, 1.54) is 30.5 Å². The molecule has 0 aliphatic carbocycles. The van der Waals surface area contributed by atoms with Crippen LogP contribution in [0.5, 0.6) is 0 Å². The van der Waals surface area contributed by atoms with Gasteiger partial charge in [0.05, 0.1) is 55.1 Å². The fourth-order valence-corrected chi connectivity index (χ4v) is 6.28. The van der Waals surface area contributed by atoms with Gasteiger partial charge in [-0.25, -0.2) is 19.3 Å². The number of carbonyl (C=O) groups excluding carboxylic acids is 2. The SMILES string of the molecule is CCOP(=O)(OCC)OCCCCNC(=O)c1ccc(C(F)(F)F)cc1Nc1nc2ncc(CNc3ccc(C(=O)N[C@@H](CCC(=O)O)C(=O)O)cc3)nc2c(=O)[nH]1. The molecule has 19 nitrogen and oxygen atoms in total. The first-order chi connectivity index (χ1) is 27.5. The number of anilines is 3. The number of carboxylic acids is 2. The summed E-state index contributed by atoms with van der Waals surface area (Å²) in [5.74, 6) is -4.35. The molecular weight excluding hydrogens is 796 g/mol. The van der Waals surface area contributed by atoms with E-state index < -0.39 is 61.3 Å². The van der Waals surface area contributed by atoms with E-state index in [0.717, 1.165) is 12.1 Å². The van der Waals surface area contributed by atoms with Crippen LogP contribution in [0, 0.1) is 0 Å². The lowest BCUT2D eigenvalue weighted by molar-refractivity contribution is -0.141. The van der Waals surface area contributed by atoms with Gasteiger partial charge in [0.15, 0.2) is 11.2 Å². The summed E-state index contributed by atoms with van der Waals surface area (Å²) in [6, 6.07) is 6.88. The molecule has 4 aromatic rings. The highest BCUT2D eigenvalue weighted by Gasteiger charge is 2.32. The minimum absolute atomic E-state index is 0.00277. The summed E-state index contributed by atoms with van der Waals surface area (Å²) in [4.78, 5) is 75.8. The monoisotopic (exact) mass is 836 g/mol. The molecule has 2 aromatic carbocycles. The molecule has 58 heavy (non-hydrogen) atoms. The van der Waals surface area contributed by atoms with Crippen molar-refractivity contribution in [3.63, 3.8) is 0 Å². The standard InChI is InChI=1S/C35H40F3N8O11P/c1-3-55-58(54,56-4-2)57-16-6-5-15-39-31(50)24-12-9-21(35(36,37)38)17-26(24)44-34-45-29-28(32(51)46-34)42-23(19-41-29)18-40-22-10-7-20(8-11-22)30(49)43-25(33(52)53)13-14-27(47)48/h7-12,17,19,25,40H,3-6,13-16,18H2,1-2H3,(H,39,50)(H,43,49)(H,47,48)(H,52,53)(H2,41,44,45,46,51)/t25-/m0/s1. The Kier molecular flexibility index (Phi) is 15.8. The van der Waals surface area contributed by atoms with Gasteiger partial charge in [-0.05, 0) is 75.6 Å². The van der Waals surface area contributed by atoms with Crippen LogP contribution in [0.25, 0.3) is 11.2 Å². The van der Waals surface area contributed by atoms with Crippen LogP contribution in [-0.4, -0.2) is 86.3 Å². The fourth-order valence-electron chi connectivity index (χ4n) is 5.08. The maximum atomic E-state index is 13.7. The number of alkyl halides is 3. The summed E-state index contributed by atoms with van der Waals surface area (Å²) < 4.78 is 68.7. The number of amides is 2. The number of carboxylic acid groups (broad SMARTS) is 2. The molecule has 0 aliphatic rings. The van der Waals surface area contributed by atoms with Gasteiger partial charge < -0.3 is 31.5 Å². The number of carbonyl (C=O) groups is 4. The molecule has 312 valence electrons. The second kappa shape index (κ2) is 20.5. The maximum Gasteiger partial charge on any atom is 0.474 e. The van der Waals surface area contributed by atoms with Gasteiger partial charge in [0.25, 0.3) is 17.4 Å². The Balaban J connectivity index is 1.40. The normalized spacial score (nSPS) is 12.2. The Morgan fingerprint density at radius 1 is 0.948 bits per heavy atom. The highest BCUT2D eigenvalue weighted by Crippen LogP contribution is 2.49. The maximum absolute atomic E-state index is 13.7. The molecule has 0 aliphatic heterocycles. The van der Waals surface area contributed by atoms with E-state index in [9.17, 15) is 46.8 Å². The number of phosphoric ester groups is 1. The third-order valence-electron chi connectivity index (χ3n) is 7.86. The van der Waals surface area contributed by atoms with Gasteiger partial charge in [0.1, 0.15) is 6.04 Å². The predicted molar refractivity (Wildman–Crippen MR) is 201 cm³/mol. The number of halogens is 3. The molecule has 2 aromatic heterocycles. The van der Waals surface area contributed by atoms with Crippen LogP contribution >= 0.6 is 7.82 Å². The van der Waals surface area contributed by atoms with Gasteiger partial charge in [-0.3, -0.25) is 37.7 Å². The summed E-state index contributed by atoms with van der Waals surface area (Å²) in [6.07, 6.45) is -3.51. The minimum Gasteiger partial charge on any atom is -0.481 e. The Morgan fingerprint density at radius 3 is 2.29 bits per heavy atom. The van der Waals surface area contributed by atoms with E-state index in [0.29, 0.717) is 24.6 Å². The molecule has 23 heteroatoms. The zero-order valence-corrected chi connectivity index (χ0v) is 31.9. The zero-order chi connectivity index (χ0) is 42.5. The van der Waals surface area contributed by atoms with Crippen LogP contribution in [0.2, 0.25) is 0 Å². The van der Waals surface area contributed by atoms with Crippen molar-refractivity contribution < 1.29 is 60.7 Å². The number of hydrogen-bond donors (Lipinski definition) is 7. The number of fused-ring (bicyclic) bond motifs is 1. The van der Waals surface area contributed by atoms with Crippen LogP contribution < -0.4 is 26.8 Å². The molecule has 4 rings (SSSR count). The number of hydrogen-bond acceptors (Lipinski definition) is 14. The Hall–Kier alpha value is -5.96. The molecule has 2 amide bonds. The summed E-state index contributed by atoms with van der Waals surface area (Å²) in [5.41, 5.74) is -1.82. The summed E-state index contributed by atoms with van der Waals surface area (Å²) in [5, 5.41) is 28.6. The van der Waals surface area contributed by atoms with Crippen LogP contribution in [0.15, 0.2) is 53.5 Å². The number of aliphatic carboxylic acids is 2. The third-order valence-corrected chi connectivity index (χ3v) is 9.51. The van der Waals surface area contributed by atoms with Crippen LogP contribution in [0.3, 0.4) is 0 Å². The first-order valence-electron chi connectivity index (χ1n) is 17.7. The molecule has 7 N–H and O–H groups in total. The number of unbranched alkanes of at least 4 members (excludes halogenated alkanes) is 1. The van der Waals surface area contributed by atoms with Crippen molar-refractivity contribution in [1.29, 1.82) is 0 Å². The van der Waals surface area contributed by atoms with Gasteiger partial charge in [-0.1, -0.05) is 0 Å². The Morgan fingerprint density at radius 2 is 1.66 bits per heavy atom. The average Bonchev–Trinajstić information content (AvgIpc) is 3.16. The van der Waals surface area contributed by atoms with Gasteiger partial charge in [-0.2, -0.15) is 18.2 Å². The molecule has 0 saturated heterocycles. The summed E-state index contributed by atoms with van der Waals surface area (Å²) in [6.45, 7) is 3.61. The predicted octanol–water partition coefficient (Wildman–Crippen LogP) is 4.84. The van der Waals surface area contributed by atoms with E-state index in [2.05, 4.69) is 41.2 Å². The van der Waals surface area contributed by atoms with E-state index in [-0.39, 0.29) is 79.0 Å². The number of rotatable bonds is 22. The minimum atomic E-state index is -4.76. The lowest BCUT2D eigenvalue weighted by Gasteiger charge is -2.16. The van der Waals surface area contributed by atoms with E-state index in [4.69, 9.17) is 18.7 Å². The van der Waals surface area contributed by atoms with Gasteiger partial charge in [0, 0.05) is 24.2 Å². The number of benzene rings is 2. The molecule has 0 unspecified atom stereocenters. The van der Waals surface area contributed by atoms with Crippen LogP contribution in [0.1, 0.15) is 71.5 Å². The van der Waals surface area contributed by atoms with Crippen molar-refractivity contribution in [3.8, 4) is 0 Å². The van der Waals surface area contributed by atoms with Crippen molar-refractivity contribution in [1.82, 2.24) is 30.6 Å². The zero-order valence-electron chi connectivity index (χ0n) is 31.1. The van der Waals surface area contributed by atoms with Crippen LogP contribution in [0.4, 0.5) is 30.5 Å². The number of aromatic nitrogens is 4. The molecule has 1 atom stereocenters. The first kappa shape index (κ1) is 44.8. The summed E-state index contributed by atoms with van der Waals surface area (Å²) >= 11 is 0. The molecular formula is C35H40F3N8O11P. The van der Waals surface area contributed by atoms with Crippen molar-refractivity contribution >= 4 is 60.1 Å². The Labute approximate surface area is 327 Å². The quantitative estimate of drug-likeness (QED) is 0.0412. The smallest absolute Gasteiger partial charge is 0.474 e. The second-order valence-corrected chi connectivity index (χ2v) is 13.8. The first-order valence-corrected chi connectivity index (χ1v) is 19.1. The van der Waals surface area contributed by atoms with E-state index >= 15 is 0 Å². The summed E-state index contributed by atoms with van der Waals surface area (Å²) in [7, 11) is -3.71. The molecule has 0 saturated carbocycles. The number of nitrogens with zero attached hydrogens (tertiary/aromatic N) is 3. The number of nitrogens with one attached hydrogen (secondary N) is 5. The molecule has 2 heterocycles. The number of phosphoric acid groups is 1. The van der Waals surface area contributed by atoms with Crippen molar-refractivity contribution in [2.24, 2.45) is 0 Å².